The van der Waals surface area contributed by atoms with Gasteiger partial charge in [0, 0.05) is 23.2 Å². The molecule has 164 valence electrons. The molecule has 0 spiro atoms. The van der Waals surface area contributed by atoms with Crippen molar-refractivity contribution in [1.29, 1.82) is 0 Å². The number of hydrogen-bond acceptors (Lipinski definition) is 8. The van der Waals surface area contributed by atoms with Gasteiger partial charge < -0.3 is 28.4 Å². The van der Waals surface area contributed by atoms with Crippen molar-refractivity contribution in [1.82, 2.24) is 4.90 Å². The average Bonchev–Trinajstić information content (AvgIpc) is 3.39. The van der Waals surface area contributed by atoms with Crippen LogP contribution in [0.4, 0.5) is 4.39 Å². The Hall–Kier alpha value is -3.20. The van der Waals surface area contributed by atoms with Crippen molar-refractivity contribution in [2.75, 3.05) is 41.7 Å². The van der Waals surface area contributed by atoms with Crippen LogP contribution in [0.3, 0.4) is 0 Å². The Balaban J connectivity index is 1.72. The fraction of sp³-hybridized carbons (Fsp3) is 0.409. The molecule has 0 amide bonds. The highest BCUT2D eigenvalue weighted by molar-refractivity contribution is 5.98. The molecule has 2 aromatic rings. The fourth-order valence-corrected chi connectivity index (χ4v) is 4.78. The van der Waals surface area contributed by atoms with Gasteiger partial charge in [0.25, 0.3) is 0 Å². The molecule has 0 bridgehead atoms. The maximum absolute atomic E-state index is 15.3. The number of esters is 1. The normalized spacial score (nSPS) is 21.4. The van der Waals surface area contributed by atoms with Crippen LogP contribution >= 0.6 is 0 Å². The molecule has 0 saturated carbocycles. The highest BCUT2D eigenvalue weighted by Crippen LogP contribution is 2.56. The molecule has 31 heavy (non-hydrogen) atoms. The number of nitrogens with zero attached hydrogens (tertiary/aromatic N) is 1. The van der Waals surface area contributed by atoms with E-state index in [9.17, 15) is 4.79 Å². The van der Waals surface area contributed by atoms with E-state index in [4.69, 9.17) is 28.4 Å². The molecule has 2 aromatic carbocycles. The summed E-state index contributed by atoms with van der Waals surface area (Å²) in [5.41, 5.74) is 2.03. The first-order valence-electron chi connectivity index (χ1n) is 9.85. The highest BCUT2D eigenvalue weighted by Gasteiger charge is 2.47. The molecule has 0 aromatic heterocycles. The first-order valence-corrected chi connectivity index (χ1v) is 9.85. The van der Waals surface area contributed by atoms with Crippen LogP contribution in [-0.2, 0) is 11.2 Å². The second kappa shape index (κ2) is 7.19. The van der Waals surface area contributed by atoms with E-state index in [2.05, 4.69) is 0 Å². The summed E-state index contributed by atoms with van der Waals surface area (Å²) in [5.74, 6) is 0.462. The summed E-state index contributed by atoms with van der Waals surface area (Å²) in [6.07, 6.45) is -0.235. The molecule has 0 radical (unpaired) electrons. The minimum Gasteiger partial charge on any atom is -0.493 e. The van der Waals surface area contributed by atoms with Crippen molar-refractivity contribution in [2.45, 2.75) is 18.6 Å². The van der Waals surface area contributed by atoms with Crippen LogP contribution in [0, 0.1) is 5.82 Å². The number of benzene rings is 2. The van der Waals surface area contributed by atoms with Gasteiger partial charge in [-0.25, -0.2) is 9.18 Å². The van der Waals surface area contributed by atoms with E-state index in [0.717, 1.165) is 0 Å². The van der Waals surface area contributed by atoms with Gasteiger partial charge in [0.15, 0.2) is 23.1 Å². The predicted octanol–water partition coefficient (Wildman–Crippen LogP) is 3.02. The third-order valence-corrected chi connectivity index (χ3v) is 6.15. The molecule has 5 rings (SSSR count). The van der Waals surface area contributed by atoms with Crippen LogP contribution in [0.5, 0.6) is 28.7 Å². The topological polar surface area (TPSA) is 75.7 Å². The van der Waals surface area contributed by atoms with E-state index >= 15 is 4.39 Å². The van der Waals surface area contributed by atoms with E-state index in [1.807, 2.05) is 11.9 Å². The first-order chi connectivity index (χ1) is 15.0. The number of carbonyl (C=O) groups excluding carboxylic acids is 1. The average molecular weight is 431 g/mol. The number of rotatable bonds is 4. The van der Waals surface area contributed by atoms with Crippen molar-refractivity contribution in [2.24, 2.45) is 0 Å². The summed E-state index contributed by atoms with van der Waals surface area (Å²) in [6.45, 7) is 0.484. The summed E-state index contributed by atoms with van der Waals surface area (Å²) in [5, 5.41) is 0. The Labute approximate surface area is 178 Å². The zero-order valence-electron chi connectivity index (χ0n) is 17.6. The summed E-state index contributed by atoms with van der Waals surface area (Å²) < 4.78 is 48.5. The Kier molecular flexibility index (Phi) is 4.58. The molecule has 0 N–H and O–H groups in total. The maximum atomic E-state index is 15.3. The number of hydrogen-bond donors (Lipinski definition) is 0. The maximum Gasteiger partial charge on any atom is 0.343 e. The third-order valence-electron chi connectivity index (χ3n) is 6.15. The van der Waals surface area contributed by atoms with Crippen molar-refractivity contribution >= 4 is 5.97 Å². The predicted molar refractivity (Wildman–Crippen MR) is 106 cm³/mol. The van der Waals surface area contributed by atoms with Gasteiger partial charge in [-0.2, -0.15) is 0 Å². The van der Waals surface area contributed by atoms with Gasteiger partial charge >= 0.3 is 5.97 Å². The monoisotopic (exact) mass is 431 g/mol. The molecule has 0 saturated heterocycles. The minimum absolute atomic E-state index is 0.0640. The molecule has 2 atom stereocenters. The Morgan fingerprint density at radius 1 is 1.06 bits per heavy atom. The van der Waals surface area contributed by atoms with Crippen molar-refractivity contribution in [3.8, 4) is 28.7 Å². The second-order valence-corrected chi connectivity index (χ2v) is 7.57. The van der Waals surface area contributed by atoms with Crippen LogP contribution in [0.15, 0.2) is 12.1 Å². The molecule has 0 aliphatic carbocycles. The van der Waals surface area contributed by atoms with E-state index in [1.165, 1.54) is 21.3 Å². The molecule has 3 aliphatic rings. The van der Waals surface area contributed by atoms with Gasteiger partial charge in [0.1, 0.15) is 11.7 Å². The fourth-order valence-electron chi connectivity index (χ4n) is 4.78. The molecule has 9 heteroatoms. The van der Waals surface area contributed by atoms with Crippen LogP contribution < -0.4 is 23.7 Å². The standard InChI is InChI=1S/C22H22FNO7/c1-24-8-7-10-13(19(28-4)21-20(15(10)23)29-9-30-21)16(24)17-11-5-6-12(26-2)18(27-3)14(11)22(25)31-17/h5-6,16-17H,7-9H2,1-4H3/t16?,17-/m0/s1. The van der Waals surface area contributed by atoms with Gasteiger partial charge in [-0.3, -0.25) is 4.90 Å². The largest absolute Gasteiger partial charge is 0.493 e. The SMILES string of the molecule is COc1ccc2c(c1OC)C(=O)O[C@@H]2C1c2c(c(F)c3c(c2OC)OCO3)CCN1C. The molecular formula is C22H22FNO7. The van der Waals surface area contributed by atoms with Gasteiger partial charge in [-0.05, 0) is 19.5 Å². The molecule has 3 heterocycles. The van der Waals surface area contributed by atoms with Crippen LogP contribution in [0.2, 0.25) is 0 Å². The van der Waals surface area contributed by atoms with Crippen LogP contribution in [0.1, 0.15) is 39.2 Å². The quantitative estimate of drug-likeness (QED) is 0.684. The molecular weight excluding hydrogens is 409 g/mol. The first kappa shape index (κ1) is 19.7. The second-order valence-electron chi connectivity index (χ2n) is 7.57. The Morgan fingerprint density at radius 2 is 1.81 bits per heavy atom. The third kappa shape index (κ3) is 2.65. The van der Waals surface area contributed by atoms with Gasteiger partial charge in [-0.1, -0.05) is 6.07 Å². The van der Waals surface area contributed by atoms with Crippen molar-refractivity contribution in [3.63, 3.8) is 0 Å². The zero-order valence-corrected chi connectivity index (χ0v) is 17.6. The highest BCUT2D eigenvalue weighted by atomic mass is 19.1. The van der Waals surface area contributed by atoms with Crippen molar-refractivity contribution in [3.05, 3.63) is 40.2 Å². The molecule has 3 aliphatic heterocycles. The summed E-state index contributed by atoms with van der Waals surface area (Å²) in [7, 11) is 6.38. The number of ether oxygens (including phenoxy) is 6. The number of methoxy groups -OCH3 is 3. The minimum atomic E-state index is -0.694. The summed E-state index contributed by atoms with van der Waals surface area (Å²) in [4.78, 5) is 14.9. The zero-order chi connectivity index (χ0) is 21.9. The molecule has 0 fully saturated rings. The lowest BCUT2D eigenvalue weighted by Crippen LogP contribution is -2.36. The van der Waals surface area contributed by atoms with Gasteiger partial charge in [0.05, 0.1) is 27.4 Å². The summed E-state index contributed by atoms with van der Waals surface area (Å²) >= 11 is 0. The van der Waals surface area contributed by atoms with Gasteiger partial charge in [-0.15, -0.1) is 0 Å². The van der Waals surface area contributed by atoms with Crippen LogP contribution in [0.25, 0.3) is 0 Å². The van der Waals surface area contributed by atoms with Gasteiger partial charge in [0.2, 0.25) is 18.3 Å². The van der Waals surface area contributed by atoms with Crippen molar-refractivity contribution < 1.29 is 37.6 Å². The van der Waals surface area contributed by atoms with E-state index < -0.39 is 23.9 Å². The Morgan fingerprint density at radius 3 is 2.52 bits per heavy atom. The lowest BCUT2D eigenvalue weighted by Gasteiger charge is -2.38. The van der Waals surface area contributed by atoms with E-state index in [-0.39, 0.29) is 18.3 Å². The number of likely N-dealkylation sites (N-methyl/N-ethyl adjacent to an activating group) is 1. The molecule has 8 nitrogen and oxygen atoms in total. The Bertz CT molecular complexity index is 1090. The van der Waals surface area contributed by atoms with E-state index in [0.29, 0.717) is 52.5 Å². The number of halogens is 1. The number of carbonyl (C=O) groups is 1. The molecule has 1 unspecified atom stereocenters. The van der Waals surface area contributed by atoms with E-state index in [1.54, 1.807) is 12.1 Å². The number of fused-ring (bicyclic) bond motifs is 3. The summed E-state index contributed by atoms with van der Waals surface area (Å²) in [6, 6.07) is 3.02. The smallest absolute Gasteiger partial charge is 0.343 e. The van der Waals surface area contributed by atoms with Crippen LogP contribution in [-0.4, -0.2) is 52.6 Å². The lowest BCUT2D eigenvalue weighted by atomic mass is 9.85. The lowest BCUT2D eigenvalue weighted by molar-refractivity contribution is 0.00854. The number of cyclic esters (lactones) is 1.